The molecule has 4 atom stereocenters. The van der Waals surface area contributed by atoms with Gasteiger partial charge in [-0.15, -0.1) is 0 Å². The van der Waals surface area contributed by atoms with Gasteiger partial charge in [0.25, 0.3) is 0 Å². The first-order valence-corrected chi connectivity index (χ1v) is 11.4. The van der Waals surface area contributed by atoms with Crippen LogP contribution in [-0.4, -0.2) is 55.0 Å². The fourth-order valence-corrected chi connectivity index (χ4v) is 4.00. The number of carbonyl (C=O) groups excluding carboxylic acids is 2. The van der Waals surface area contributed by atoms with Crippen molar-refractivity contribution in [2.45, 2.75) is 72.5 Å². The molecule has 0 radical (unpaired) electrons. The van der Waals surface area contributed by atoms with E-state index in [9.17, 15) is 14.7 Å². The van der Waals surface area contributed by atoms with Gasteiger partial charge in [0.15, 0.2) is 11.9 Å². The predicted octanol–water partition coefficient (Wildman–Crippen LogP) is 4.01. The maximum Gasteiger partial charge on any atom is 0.303 e. The van der Waals surface area contributed by atoms with Crippen molar-refractivity contribution in [3.8, 4) is 0 Å². The molecule has 33 heavy (non-hydrogen) atoms. The Bertz CT molecular complexity index is 803. The Morgan fingerprint density at radius 1 is 1.06 bits per heavy atom. The molecule has 0 spiro atoms. The van der Waals surface area contributed by atoms with Crippen molar-refractivity contribution in [2.24, 2.45) is 11.8 Å². The molecule has 0 heterocycles. The largest absolute Gasteiger partial charge is 0.493 e. The number of rotatable bonds is 12. The summed E-state index contributed by atoms with van der Waals surface area (Å²) in [5.41, 5.74) is 3.00. The van der Waals surface area contributed by atoms with Crippen molar-refractivity contribution in [1.29, 1.82) is 0 Å². The number of ether oxygens (including phenoxy) is 3. The summed E-state index contributed by atoms with van der Waals surface area (Å²) in [5, 5.41) is 19.1. The maximum absolute atomic E-state index is 12.8. The molecule has 1 aliphatic rings. The summed E-state index contributed by atoms with van der Waals surface area (Å²) in [4.78, 5) is 24.5. The number of aliphatic hydroxyl groups is 2. The molecule has 0 aromatic heterocycles. The van der Waals surface area contributed by atoms with Gasteiger partial charge in [-0.25, -0.2) is 0 Å². The van der Waals surface area contributed by atoms with E-state index in [0.29, 0.717) is 12.8 Å². The molecule has 0 bridgehead atoms. The monoisotopic (exact) mass is 464 g/mol. The maximum atomic E-state index is 12.8. The van der Waals surface area contributed by atoms with Gasteiger partial charge in [0.05, 0.1) is 26.9 Å². The highest BCUT2D eigenvalue weighted by molar-refractivity contribution is 5.97. The average Bonchev–Trinajstić information content (AvgIpc) is 2.74. The Kier molecular flexibility index (Phi) is 12.2. The van der Waals surface area contributed by atoms with Crippen LogP contribution in [0, 0.1) is 11.8 Å². The fourth-order valence-electron chi connectivity index (χ4n) is 4.00. The number of hydrogen-bond donors (Lipinski definition) is 2. The number of aliphatic hydroxyl groups excluding tert-OH is 2. The van der Waals surface area contributed by atoms with Gasteiger partial charge in [-0.3, -0.25) is 9.59 Å². The second kappa shape index (κ2) is 14.0. The molecule has 0 saturated carbocycles. The summed E-state index contributed by atoms with van der Waals surface area (Å²) in [7, 11) is 2.85. The van der Waals surface area contributed by atoms with E-state index in [4.69, 9.17) is 19.3 Å². The van der Waals surface area contributed by atoms with Crippen molar-refractivity contribution >= 4 is 11.8 Å². The van der Waals surface area contributed by atoms with E-state index in [-0.39, 0.29) is 35.7 Å². The summed E-state index contributed by atoms with van der Waals surface area (Å²) in [6.45, 7) is 8.91. The van der Waals surface area contributed by atoms with Gasteiger partial charge in [-0.2, -0.15) is 0 Å². The summed E-state index contributed by atoms with van der Waals surface area (Å²) >= 11 is 0. The number of methoxy groups -OCH3 is 2. The van der Waals surface area contributed by atoms with E-state index in [0.717, 1.165) is 29.6 Å². The SMILES string of the molecule is COC1=C(OC)[C@H](OC(C)=O)[C@H](C/C=C(/C)CC/C=C(/C)C[C@H](O)/C=C(\C)CO)[C@@H](C)C1=O. The Morgan fingerprint density at radius 2 is 1.73 bits per heavy atom. The molecule has 0 unspecified atom stereocenters. The minimum atomic E-state index is -0.682. The van der Waals surface area contributed by atoms with Gasteiger partial charge in [-0.05, 0) is 52.0 Å². The zero-order chi connectivity index (χ0) is 25.1. The van der Waals surface area contributed by atoms with Crippen LogP contribution in [0.15, 0.2) is 46.5 Å². The Balaban J connectivity index is 2.84. The van der Waals surface area contributed by atoms with Gasteiger partial charge in [0, 0.05) is 18.8 Å². The first-order chi connectivity index (χ1) is 15.5. The third-order valence-electron chi connectivity index (χ3n) is 5.89. The van der Waals surface area contributed by atoms with Crippen molar-refractivity contribution in [1.82, 2.24) is 0 Å². The second-order valence-electron chi connectivity index (χ2n) is 8.77. The lowest BCUT2D eigenvalue weighted by atomic mass is 9.77. The molecule has 1 aliphatic carbocycles. The topological polar surface area (TPSA) is 102 Å². The quantitative estimate of drug-likeness (QED) is 0.332. The molecule has 0 aromatic rings. The lowest BCUT2D eigenvalue weighted by molar-refractivity contribution is -0.153. The number of esters is 1. The van der Waals surface area contributed by atoms with Crippen molar-refractivity contribution in [3.05, 3.63) is 46.5 Å². The molecule has 0 amide bonds. The zero-order valence-electron chi connectivity index (χ0n) is 21.0. The van der Waals surface area contributed by atoms with Gasteiger partial charge in [-0.1, -0.05) is 36.3 Å². The molecule has 7 heteroatoms. The molecule has 0 aromatic carbocycles. The molecule has 186 valence electrons. The van der Waals surface area contributed by atoms with Gasteiger partial charge in [0.1, 0.15) is 0 Å². The van der Waals surface area contributed by atoms with Crippen molar-refractivity contribution in [3.63, 3.8) is 0 Å². The molecule has 0 saturated heterocycles. The molecule has 1 rings (SSSR count). The summed E-state index contributed by atoms with van der Waals surface area (Å²) in [6, 6.07) is 0. The Morgan fingerprint density at radius 3 is 2.27 bits per heavy atom. The zero-order valence-corrected chi connectivity index (χ0v) is 21.0. The van der Waals surface area contributed by atoms with E-state index in [1.54, 1.807) is 13.0 Å². The predicted molar refractivity (Wildman–Crippen MR) is 127 cm³/mol. The molecular weight excluding hydrogens is 424 g/mol. The van der Waals surface area contributed by atoms with Crippen LogP contribution in [0.2, 0.25) is 0 Å². The van der Waals surface area contributed by atoms with Crippen molar-refractivity contribution in [2.75, 3.05) is 20.8 Å². The number of carbonyl (C=O) groups is 2. The lowest BCUT2D eigenvalue weighted by Crippen LogP contribution is -2.42. The van der Waals surface area contributed by atoms with Crippen LogP contribution in [0.25, 0.3) is 0 Å². The molecule has 0 fully saturated rings. The number of Topliss-reactive ketones (excluding diaryl/α,β-unsaturated/α-hetero) is 1. The molecule has 7 nitrogen and oxygen atoms in total. The summed E-state index contributed by atoms with van der Waals surface area (Å²) < 4.78 is 16.2. The highest BCUT2D eigenvalue weighted by atomic mass is 16.6. The lowest BCUT2D eigenvalue weighted by Gasteiger charge is -2.35. The molecular formula is C26H40O7. The van der Waals surface area contributed by atoms with Gasteiger partial charge < -0.3 is 24.4 Å². The standard InChI is InChI=1S/C26H40O7/c1-16(9-8-10-17(2)13-21(29)14-18(3)15-27)11-12-22-19(4)23(30)25(31-6)26(32-7)24(22)33-20(5)28/h10-11,14,19,21-22,24,27,29H,8-9,12-13,15H2,1-7H3/b16-11-,17-10-,18-14+/t19-,21+,22-,24-/m1/s1. The summed E-state index contributed by atoms with van der Waals surface area (Å²) in [5.74, 6) is -0.861. The van der Waals surface area contributed by atoms with Crippen LogP contribution in [0.3, 0.4) is 0 Å². The fraction of sp³-hybridized carbons (Fsp3) is 0.615. The third-order valence-corrected chi connectivity index (χ3v) is 5.89. The Labute approximate surface area is 197 Å². The van der Waals surface area contributed by atoms with Gasteiger partial charge >= 0.3 is 5.97 Å². The first kappa shape index (κ1) is 28.7. The molecule has 0 aliphatic heterocycles. The van der Waals surface area contributed by atoms with Crippen LogP contribution < -0.4 is 0 Å². The Hall–Kier alpha value is -2.38. The highest BCUT2D eigenvalue weighted by Crippen LogP contribution is 2.37. The van der Waals surface area contributed by atoms with Crippen LogP contribution >= 0.6 is 0 Å². The van der Waals surface area contributed by atoms with E-state index >= 15 is 0 Å². The van der Waals surface area contributed by atoms with Crippen LogP contribution in [0.4, 0.5) is 0 Å². The minimum Gasteiger partial charge on any atom is -0.493 e. The average molecular weight is 465 g/mol. The smallest absolute Gasteiger partial charge is 0.303 e. The van der Waals surface area contributed by atoms with Crippen LogP contribution in [0.1, 0.15) is 60.3 Å². The van der Waals surface area contributed by atoms with Crippen LogP contribution in [-0.2, 0) is 23.8 Å². The normalized spacial score (nSPS) is 23.5. The van der Waals surface area contributed by atoms with E-state index in [1.807, 2.05) is 20.8 Å². The van der Waals surface area contributed by atoms with Crippen LogP contribution in [0.5, 0.6) is 0 Å². The van der Waals surface area contributed by atoms with Crippen molar-refractivity contribution < 1.29 is 34.0 Å². The number of ketones is 1. The second-order valence-corrected chi connectivity index (χ2v) is 8.77. The first-order valence-electron chi connectivity index (χ1n) is 11.4. The number of allylic oxidation sites excluding steroid dienone is 4. The van der Waals surface area contributed by atoms with E-state index < -0.39 is 18.2 Å². The molecule has 2 N–H and O–H groups in total. The third kappa shape index (κ3) is 8.82. The summed E-state index contributed by atoms with van der Waals surface area (Å²) in [6.07, 6.45) is 7.33. The highest BCUT2D eigenvalue weighted by Gasteiger charge is 2.44. The van der Waals surface area contributed by atoms with Gasteiger partial charge in [0.2, 0.25) is 11.5 Å². The minimum absolute atomic E-state index is 0.0538. The number of hydrogen-bond acceptors (Lipinski definition) is 7. The van der Waals surface area contributed by atoms with E-state index in [1.165, 1.54) is 21.1 Å². The van der Waals surface area contributed by atoms with E-state index in [2.05, 4.69) is 12.2 Å².